The fourth-order valence-electron chi connectivity index (χ4n) is 2.79. The quantitative estimate of drug-likeness (QED) is 0.637. The molecule has 0 aromatic heterocycles. The molecule has 0 amide bonds. The van der Waals surface area contributed by atoms with Crippen molar-refractivity contribution in [3.8, 4) is 0 Å². The van der Waals surface area contributed by atoms with Crippen molar-refractivity contribution in [2.24, 2.45) is 5.16 Å². The van der Waals surface area contributed by atoms with Crippen LogP contribution in [0.4, 0.5) is 0 Å². The van der Waals surface area contributed by atoms with Crippen LogP contribution in [0.5, 0.6) is 0 Å². The van der Waals surface area contributed by atoms with Gasteiger partial charge in [-0.25, -0.2) is 4.79 Å². The van der Waals surface area contributed by atoms with Crippen molar-refractivity contribution in [2.75, 3.05) is 0 Å². The number of nitrogens with zero attached hydrogens (tertiary/aromatic N) is 1. The number of oxime groups is 1. The molecule has 0 radical (unpaired) electrons. The van der Waals surface area contributed by atoms with Gasteiger partial charge in [0, 0.05) is 5.56 Å². The normalized spacial score (nSPS) is 15.4. The summed E-state index contributed by atoms with van der Waals surface area (Å²) in [5, 5.41) is 4.12. The molecular formula is C19H19NO2. The van der Waals surface area contributed by atoms with Crippen LogP contribution in [0.15, 0.2) is 53.7 Å². The summed E-state index contributed by atoms with van der Waals surface area (Å²) in [5.74, 6) is -0.321. The lowest BCUT2D eigenvalue weighted by Gasteiger charge is -2.17. The summed E-state index contributed by atoms with van der Waals surface area (Å²) in [6.07, 6.45) is 3.21. The molecule has 2 aromatic carbocycles. The first kappa shape index (κ1) is 14.5. The Bertz CT molecular complexity index is 705. The second-order valence-corrected chi connectivity index (χ2v) is 5.68. The van der Waals surface area contributed by atoms with Gasteiger partial charge >= 0.3 is 5.97 Å². The van der Waals surface area contributed by atoms with Crippen molar-refractivity contribution in [2.45, 2.75) is 32.6 Å². The molecule has 0 heterocycles. The van der Waals surface area contributed by atoms with E-state index in [2.05, 4.69) is 30.3 Å². The van der Waals surface area contributed by atoms with Crippen molar-refractivity contribution in [1.29, 1.82) is 0 Å². The summed E-state index contributed by atoms with van der Waals surface area (Å²) in [4.78, 5) is 17.0. The Labute approximate surface area is 130 Å². The standard InChI is InChI=1S/C19H19NO2/c1-14-10-11-17-16(12-14)8-5-9-18(17)20-22-19(21)13-15-6-3-2-4-7-15/h2-4,6-7,10-12H,5,8-9,13H2,1H3/b20-18-. The first-order chi connectivity index (χ1) is 10.7. The van der Waals surface area contributed by atoms with Gasteiger partial charge in [0.2, 0.25) is 0 Å². The molecule has 3 nitrogen and oxygen atoms in total. The minimum atomic E-state index is -0.321. The first-order valence-corrected chi connectivity index (χ1v) is 7.63. The number of hydrogen-bond acceptors (Lipinski definition) is 3. The molecule has 0 spiro atoms. The predicted octanol–water partition coefficient (Wildman–Crippen LogP) is 3.82. The van der Waals surface area contributed by atoms with Crippen molar-refractivity contribution in [3.05, 3.63) is 70.8 Å². The molecule has 0 atom stereocenters. The Hall–Kier alpha value is -2.42. The number of aryl methyl sites for hydroxylation is 2. The monoisotopic (exact) mass is 293 g/mol. The summed E-state index contributed by atoms with van der Waals surface area (Å²) < 4.78 is 0. The Morgan fingerprint density at radius 2 is 1.95 bits per heavy atom. The highest BCUT2D eigenvalue weighted by Gasteiger charge is 2.16. The number of carbonyl (C=O) groups excluding carboxylic acids is 1. The van der Waals surface area contributed by atoms with E-state index in [0.717, 1.165) is 36.1 Å². The highest BCUT2D eigenvalue weighted by molar-refractivity contribution is 6.02. The van der Waals surface area contributed by atoms with Gasteiger partial charge in [0.05, 0.1) is 12.1 Å². The van der Waals surface area contributed by atoms with Crippen LogP contribution in [0.3, 0.4) is 0 Å². The van der Waals surface area contributed by atoms with E-state index in [1.165, 1.54) is 11.1 Å². The van der Waals surface area contributed by atoms with Crippen molar-refractivity contribution < 1.29 is 9.63 Å². The minimum Gasteiger partial charge on any atom is -0.318 e. The third-order valence-electron chi connectivity index (χ3n) is 3.88. The molecule has 22 heavy (non-hydrogen) atoms. The summed E-state index contributed by atoms with van der Waals surface area (Å²) in [6.45, 7) is 2.09. The maximum Gasteiger partial charge on any atom is 0.339 e. The second kappa shape index (κ2) is 6.56. The Morgan fingerprint density at radius 1 is 1.14 bits per heavy atom. The molecule has 3 rings (SSSR count). The van der Waals surface area contributed by atoms with Crippen molar-refractivity contribution >= 4 is 11.7 Å². The number of carbonyl (C=O) groups is 1. The molecule has 2 aromatic rings. The average Bonchev–Trinajstić information content (AvgIpc) is 2.53. The van der Waals surface area contributed by atoms with Gasteiger partial charge in [-0.1, -0.05) is 59.3 Å². The Balaban J connectivity index is 1.70. The molecule has 0 N–H and O–H groups in total. The molecule has 1 aliphatic rings. The molecule has 0 saturated carbocycles. The third kappa shape index (κ3) is 3.42. The van der Waals surface area contributed by atoms with Gasteiger partial charge < -0.3 is 4.84 Å². The van der Waals surface area contributed by atoms with Crippen LogP contribution in [0.2, 0.25) is 0 Å². The van der Waals surface area contributed by atoms with E-state index < -0.39 is 0 Å². The lowest BCUT2D eigenvalue weighted by Crippen LogP contribution is -2.14. The molecule has 0 fully saturated rings. The summed E-state index contributed by atoms with van der Waals surface area (Å²) >= 11 is 0. The smallest absolute Gasteiger partial charge is 0.318 e. The van der Waals surface area contributed by atoms with E-state index in [9.17, 15) is 4.79 Å². The topological polar surface area (TPSA) is 38.7 Å². The SMILES string of the molecule is Cc1ccc2c(c1)CCC/C2=N/OC(=O)Cc1ccccc1. The molecule has 112 valence electrons. The number of hydrogen-bond donors (Lipinski definition) is 0. The minimum absolute atomic E-state index is 0.248. The van der Waals surface area contributed by atoms with E-state index in [1.54, 1.807) is 0 Å². The second-order valence-electron chi connectivity index (χ2n) is 5.68. The molecule has 0 aliphatic heterocycles. The number of rotatable bonds is 3. The van der Waals surface area contributed by atoms with E-state index >= 15 is 0 Å². The maximum atomic E-state index is 11.9. The molecule has 0 unspecified atom stereocenters. The fraction of sp³-hybridized carbons (Fsp3) is 0.263. The molecule has 3 heteroatoms. The van der Waals surface area contributed by atoms with Gasteiger partial charge in [0.1, 0.15) is 0 Å². The van der Waals surface area contributed by atoms with Gasteiger partial charge in [-0.15, -0.1) is 0 Å². The maximum absolute atomic E-state index is 11.9. The zero-order chi connectivity index (χ0) is 15.4. The van der Waals surface area contributed by atoms with E-state index in [0.29, 0.717) is 0 Å². The lowest BCUT2D eigenvalue weighted by atomic mass is 9.89. The molecule has 1 aliphatic carbocycles. The first-order valence-electron chi connectivity index (χ1n) is 7.63. The summed E-state index contributed by atoms with van der Waals surface area (Å²) in [5.41, 5.74) is 5.48. The van der Waals surface area contributed by atoms with Crippen LogP contribution in [-0.2, 0) is 22.5 Å². The van der Waals surface area contributed by atoms with E-state index in [-0.39, 0.29) is 12.4 Å². The predicted molar refractivity (Wildman–Crippen MR) is 86.9 cm³/mol. The van der Waals surface area contributed by atoms with Gasteiger partial charge in [-0.3, -0.25) is 0 Å². The molecular weight excluding hydrogens is 274 g/mol. The number of benzene rings is 2. The highest BCUT2D eigenvalue weighted by Crippen LogP contribution is 2.23. The largest absolute Gasteiger partial charge is 0.339 e. The fourth-order valence-corrected chi connectivity index (χ4v) is 2.79. The average molecular weight is 293 g/mol. The summed E-state index contributed by atoms with van der Waals surface area (Å²) in [7, 11) is 0. The lowest BCUT2D eigenvalue weighted by molar-refractivity contribution is -0.142. The third-order valence-corrected chi connectivity index (χ3v) is 3.88. The van der Waals surface area contributed by atoms with Crippen LogP contribution in [0.1, 0.15) is 35.1 Å². The van der Waals surface area contributed by atoms with Gasteiger partial charge in [-0.05, 0) is 37.3 Å². The van der Waals surface area contributed by atoms with Crippen molar-refractivity contribution in [3.63, 3.8) is 0 Å². The van der Waals surface area contributed by atoms with Crippen molar-refractivity contribution in [1.82, 2.24) is 0 Å². The van der Waals surface area contributed by atoms with Gasteiger partial charge in [0.25, 0.3) is 0 Å². The van der Waals surface area contributed by atoms with Crippen LogP contribution < -0.4 is 0 Å². The highest BCUT2D eigenvalue weighted by atomic mass is 16.7. The van der Waals surface area contributed by atoms with Gasteiger partial charge in [-0.2, -0.15) is 0 Å². The van der Waals surface area contributed by atoms with E-state index in [1.807, 2.05) is 30.3 Å². The van der Waals surface area contributed by atoms with Gasteiger partial charge in [0.15, 0.2) is 0 Å². The zero-order valence-corrected chi connectivity index (χ0v) is 12.7. The summed E-state index contributed by atoms with van der Waals surface area (Å²) in [6, 6.07) is 15.9. The molecule has 0 saturated heterocycles. The number of fused-ring (bicyclic) bond motifs is 1. The Morgan fingerprint density at radius 3 is 2.77 bits per heavy atom. The zero-order valence-electron chi connectivity index (χ0n) is 12.7. The van der Waals surface area contributed by atoms with E-state index in [4.69, 9.17) is 4.84 Å². The van der Waals surface area contributed by atoms with Crippen LogP contribution in [0, 0.1) is 6.92 Å². The Kier molecular flexibility index (Phi) is 4.33. The van der Waals surface area contributed by atoms with Crippen LogP contribution >= 0.6 is 0 Å². The van der Waals surface area contributed by atoms with Crippen LogP contribution in [-0.4, -0.2) is 11.7 Å². The van der Waals surface area contributed by atoms with Crippen LogP contribution in [0.25, 0.3) is 0 Å². The molecule has 0 bridgehead atoms.